The van der Waals surface area contributed by atoms with Gasteiger partial charge in [0.1, 0.15) is 0 Å². The van der Waals surface area contributed by atoms with Crippen molar-refractivity contribution in [3.05, 3.63) is 62.3 Å². The second-order valence-corrected chi connectivity index (χ2v) is 6.12. The zero-order valence-electron chi connectivity index (χ0n) is 10.6. The molecule has 1 heterocycles. The molecule has 0 fully saturated rings. The molecular weight excluding hydrogens is 363 g/mol. The fourth-order valence-corrected chi connectivity index (χ4v) is 2.73. The first-order valence-electron chi connectivity index (χ1n) is 5.76. The van der Waals surface area contributed by atoms with Crippen LogP contribution in [0.2, 0.25) is 10.0 Å². The monoisotopic (exact) mass is 372 g/mol. The minimum absolute atomic E-state index is 0.116. The van der Waals surface area contributed by atoms with Crippen LogP contribution in [-0.2, 0) is 6.54 Å². The predicted octanol–water partition coefficient (Wildman–Crippen LogP) is 4.42. The van der Waals surface area contributed by atoms with Gasteiger partial charge in [-0.15, -0.1) is 0 Å². The minimum atomic E-state index is -0.116. The molecule has 1 amide bonds. The number of amides is 1. The quantitative estimate of drug-likeness (QED) is 0.797. The van der Waals surface area contributed by atoms with Gasteiger partial charge in [-0.25, -0.2) is 0 Å². The molecule has 0 aliphatic rings. The lowest BCUT2D eigenvalue weighted by Crippen LogP contribution is -2.26. The van der Waals surface area contributed by atoms with E-state index in [1.54, 1.807) is 42.4 Å². The Balaban J connectivity index is 2.15. The highest BCUT2D eigenvalue weighted by Gasteiger charge is 2.13. The van der Waals surface area contributed by atoms with Gasteiger partial charge in [-0.1, -0.05) is 23.2 Å². The van der Waals surface area contributed by atoms with Crippen molar-refractivity contribution in [1.82, 2.24) is 9.88 Å². The van der Waals surface area contributed by atoms with Gasteiger partial charge < -0.3 is 4.90 Å². The number of carbonyl (C=O) groups is 1. The fraction of sp³-hybridized carbons (Fsp3) is 0.143. The van der Waals surface area contributed by atoms with E-state index in [0.717, 1.165) is 10.0 Å². The molecule has 6 heteroatoms. The maximum atomic E-state index is 12.3. The van der Waals surface area contributed by atoms with Crippen molar-refractivity contribution in [3.63, 3.8) is 0 Å². The number of rotatable bonds is 3. The molecule has 0 unspecified atom stereocenters. The minimum Gasteiger partial charge on any atom is -0.337 e. The van der Waals surface area contributed by atoms with Crippen molar-refractivity contribution in [3.8, 4) is 0 Å². The van der Waals surface area contributed by atoms with Crippen LogP contribution in [0.15, 0.2) is 41.1 Å². The Morgan fingerprint density at radius 3 is 2.45 bits per heavy atom. The van der Waals surface area contributed by atoms with Crippen molar-refractivity contribution >= 4 is 45.0 Å². The number of hydrogen-bond acceptors (Lipinski definition) is 2. The van der Waals surface area contributed by atoms with Gasteiger partial charge in [-0.3, -0.25) is 9.78 Å². The van der Waals surface area contributed by atoms with Crippen LogP contribution in [0, 0.1) is 0 Å². The van der Waals surface area contributed by atoms with Crippen LogP contribution >= 0.6 is 39.1 Å². The Hall–Kier alpha value is -1.10. The second kappa shape index (κ2) is 6.57. The molecule has 0 N–H and O–H groups in total. The number of benzene rings is 1. The lowest BCUT2D eigenvalue weighted by Gasteiger charge is -2.17. The van der Waals surface area contributed by atoms with Crippen molar-refractivity contribution in [2.24, 2.45) is 0 Å². The molecule has 1 aromatic heterocycles. The van der Waals surface area contributed by atoms with Crippen molar-refractivity contribution in [1.29, 1.82) is 0 Å². The lowest BCUT2D eigenvalue weighted by atomic mass is 10.2. The number of carbonyl (C=O) groups excluding carboxylic acids is 1. The summed E-state index contributed by atoms with van der Waals surface area (Å²) in [6.45, 7) is 0.422. The zero-order chi connectivity index (χ0) is 14.7. The fourth-order valence-electron chi connectivity index (χ4n) is 1.80. The Labute approximate surface area is 135 Å². The molecule has 2 aromatic rings. The summed E-state index contributed by atoms with van der Waals surface area (Å²) in [5.74, 6) is -0.116. The van der Waals surface area contributed by atoms with Gasteiger partial charge in [-0.2, -0.15) is 0 Å². The molecule has 2 rings (SSSR count). The number of aromatic nitrogens is 1. The SMILES string of the molecule is CN(Cc1cc(Cl)cc(Cl)c1)C(=O)c1cncc(Br)c1. The van der Waals surface area contributed by atoms with E-state index in [2.05, 4.69) is 20.9 Å². The smallest absolute Gasteiger partial charge is 0.255 e. The summed E-state index contributed by atoms with van der Waals surface area (Å²) in [6.07, 6.45) is 3.17. The van der Waals surface area contributed by atoms with Gasteiger partial charge in [0.15, 0.2) is 0 Å². The molecule has 0 saturated carbocycles. The Morgan fingerprint density at radius 2 is 1.85 bits per heavy atom. The molecule has 0 radical (unpaired) electrons. The lowest BCUT2D eigenvalue weighted by molar-refractivity contribution is 0.0784. The molecule has 0 saturated heterocycles. The first-order chi connectivity index (χ1) is 9.45. The second-order valence-electron chi connectivity index (χ2n) is 4.33. The first-order valence-corrected chi connectivity index (χ1v) is 7.31. The van der Waals surface area contributed by atoms with Crippen molar-refractivity contribution in [2.75, 3.05) is 7.05 Å². The van der Waals surface area contributed by atoms with Crippen LogP contribution < -0.4 is 0 Å². The molecule has 20 heavy (non-hydrogen) atoms. The molecule has 0 spiro atoms. The van der Waals surface area contributed by atoms with Gasteiger partial charge in [0.2, 0.25) is 0 Å². The third-order valence-electron chi connectivity index (χ3n) is 2.64. The van der Waals surface area contributed by atoms with E-state index in [1.165, 1.54) is 6.20 Å². The third-order valence-corrected chi connectivity index (χ3v) is 3.51. The maximum Gasteiger partial charge on any atom is 0.255 e. The Morgan fingerprint density at radius 1 is 1.20 bits per heavy atom. The summed E-state index contributed by atoms with van der Waals surface area (Å²) >= 11 is 15.2. The average Bonchev–Trinajstić information content (AvgIpc) is 2.36. The van der Waals surface area contributed by atoms with E-state index < -0.39 is 0 Å². The highest BCUT2D eigenvalue weighted by molar-refractivity contribution is 9.10. The highest BCUT2D eigenvalue weighted by Crippen LogP contribution is 2.20. The number of pyridine rings is 1. The summed E-state index contributed by atoms with van der Waals surface area (Å²) in [6, 6.07) is 6.97. The maximum absolute atomic E-state index is 12.3. The van der Waals surface area contributed by atoms with E-state index in [-0.39, 0.29) is 5.91 Å². The van der Waals surface area contributed by atoms with Crippen molar-refractivity contribution in [2.45, 2.75) is 6.54 Å². The molecule has 0 bridgehead atoms. The van der Waals surface area contributed by atoms with Crippen LogP contribution in [0.25, 0.3) is 0 Å². The predicted molar refractivity (Wildman–Crippen MR) is 84.2 cm³/mol. The number of hydrogen-bond donors (Lipinski definition) is 0. The van der Waals surface area contributed by atoms with Crippen LogP contribution in [0.1, 0.15) is 15.9 Å². The van der Waals surface area contributed by atoms with E-state index in [0.29, 0.717) is 22.2 Å². The molecule has 1 aromatic carbocycles. The van der Waals surface area contributed by atoms with Gasteiger partial charge in [-0.05, 0) is 45.8 Å². The van der Waals surface area contributed by atoms with Gasteiger partial charge in [0, 0.05) is 40.5 Å². The topological polar surface area (TPSA) is 33.2 Å². The zero-order valence-corrected chi connectivity index (χ0v) is 13.7. The molecular formula is C14H11BrCl2N2O. The van der Waals surface area contributed by atoms with E-state index >= 15 is 0 Å². The standard InChI is InChI=1S/C14H11BrCl2N2O/c1-19(8-9-2-12(16)5-13(17)3-9)14(20)10-4-11(15)7-18-6-10/h2-7H,8H2,1H3. The molecule has 104 valence electrons. The van der Waals surface area contributed by atoms with E-state index in [9.17, 15) is 4.79 Å². The normalized spacial score (nSPS) is 10.4. The van der Waals surface area contributed by atoms with Crippen LogP contribution in [0.3, 0.4) is 0 Å². The summed E-state index contributed by atoms with van der Waals surface area (Å²) in [5, 5.41) is 1.11. The van der Waals surface area contributed by atoms with Gasteiger partial charge >= 0.3 is 0 Å². The molecule has 3 nitrogen and oxygen atoms in total. The summed E-state index contributed by atoms with van der Waals surface area (Å²) in [4.78, 5) is 17.8. The average molecular weight is 374 g/mol. The molecule has 0 atom stereocenters. The van der Waals surface area contributed by atoms with Gasteiger partial charge in [0.05, 0.1) is 5.56 Å². The number of halogens is 3. The first kappa shape index (κ1) is 15.3. The Kier molecular flexibility index (Phi) is 5.02. The summed E-state index contributed by atoms with van der Waals surface area (Å²) in [7, 11) is 1.72. The largest absolute Gasteiger partial charge is 0.337 e. The van der Waals surface area contributed by atoms with Crippen molar-refractivity contribution < 1.29 is 4.79 Å². The van der Waals surface area contributed by atoms with Gasteiger partial charge in [0.25, 0.3) is 5.91 Å². The van der Waals surface area contributed by atoms with Crippen LogP contribution in [0.5, 0.6) is 0 Å². The third kappa shape index (κ3) is 3.95. The Bertz CT molecular complexity index is 629. The van der Waals surface area contributed by atoms with Crippen LogP contribution in [-0.4, -0.2) is 22.8 Å². The molecule has 0 aliphatic heterocycles. The summed E-state index contributed by atoms with van der Waals surface area (Å²) in [5.41, 5.74) is 1.40. The van der Waals surface area contributed by atoms with E-state index in [4.69, 9.17) is 23.2 Å². The van der Waals surface area contributed by atoms with Crippen LogP contribution in [0.4, 0.5) is 0 Å². The number of nitrogens with zero attached hydrogens (tertiary/aromatic N) is 2. The summed E-state index contributed by atoms with van der Waals surface area (Å²) < 4.78 is 0.766. The molecule has 0 aliphatic carbocycles. The highest BCUT2D eigenvalue weighted by atomic mass is 79.9. The van der Waals surface area contributed by atoms with E-state index in [1.807, 2.05) is 0 Å².